The number of aromatic amines is 1. The van der Waals surface area contributed by atoms with Crippen molar-refractivity contribution in [3.8, 4) is 11.1 Å². The molecule has 0 unspecified atom stereocenters. The van der Waals surface area contributed by atoms with Gasteiger partial charge in [-0.05, 0) is 109 Å². The van der Waals surface area contributed by atoms with E-state index < -0.39 is 10.0 Å². The summed E-state index contributed by atoms with van der Waals surface area (Å²) in [5, 5.41) is 1.30. The largest absolute Gasteiger partial charge is 0.381 e. The monoisotopic (exact) mass is 632 g/mol. The normalized spacial score (nSPS) is 14.6. The van der Waals surface area contributed by atoms with Crippen LogP contribution in [0.2, 0.25) is 5.02 Å². The van der Waals surface area contributed by atoms with E-state index in [0.717, 1.165) is 55.6 Å². The van der Waals surface area contributed by atoms with Gasteiger partial charge in [0.15, 0.2) is 0 Å². The summed E-state index contributed by atoms with van der Waals surface area (Å²) < 4.78 is 34.9. The number of sulfonamides is 1. The van der Waals surface area contributed by atoms with Crippen LogP contribution >= 0.6 is 11.6 Å². The number of nitrogens with one attached hydrogen (secondary N) is 2. The Morgan fingerprint density at radius 2 is 1.75 bits per heavy atom. The van der Waals surface area contributed by atoms with Crippen molar-refractivity contribution in [1.82, 2.24) is 4.98 Å². The quantitative estimate of drug-likeness (QED) is 0.135. The lowest BCUT2D eigenvalue weighted by atomic mass is 9.87. The molecule has 1 saturated heterocycles. The van der Waals surface area contributed by atoms with Gasteiger partial charge in [0, 0.05) is 40.4 Å². The molecule has 0 atom stereocenters. The first kappa shape index (κ1) is 32.0. The summed E-state index contributed by atoms with van der Waals surface area (Å²) in [4.78, 5) is 17.3. The fourth-order valence-electron chi connectivity index (χ4n) is 5.75. The molecule has 0 amide bonds. The number of carbonyl (C=O) groups is 1. The number of aromatic nitrogens is 1. The Kier molecular flexibility index (Phi) is 9.40. The molecule has 5 rings (SSSR count). The third-order valence-corrected chi connectivity index (χ3v) is 10.3. The third kappa shape index (κ3) is 7.12. The third-order valence-electron chi connectivity index (χ3n) is 8.52. The first-order chi connectivity index (χ1) is 20.8. The van der Waals surface area contributed by atoms with E-state index in [2.05, 4.69) is 37.1 Å². The van der Waals surface area contributed by atoms with Crippen LogP contribution in [0.1, 0.15) is 74.5 Å². The Labute approximate surface area is 265 Å². The highest BCUT2D eigenvalue weighted by molar-refractivity contribution is 7.92. The second-order valence-electron chi connectivity index (χ2n) is 12.9. The lowest BCUT2D eigenvalue weighted by Crippen LogP contribution is -2.15. The number of benzene rings is 3. The number of rotatable bonds is 10. The Morgan fingerprint density at radius 3 is 2.41 bits per heavy atom. The summed E-state index contributed by atoms with van der Waals surface area (Å²) in [5.41, 5.74) is 5.40. The highest BCUT2D eigenvalue weighted by Crippen LogP contribution is 2.38. The first-order valence-corrected chi connectivity index (χ1v) is 17.1. The van der Waals surface area contributed by atoms with Gasteiger partial charge in [-0.3, -0.25) is 9.52 Å². The predicted molar refractivity (Wildman–Crippen MR) is 180 cm³/mol. The fourth-order valence-corrected chi connectivity index (χ4v) is 6.98. The minimum Gasteiger partial charge on any atom is -0.381 e. The fraction of sp³-hybridized carbons (Fsp3) is 0.361. The van der Waals surface area contributed by atoms with E-state index in [1.54, 1.807) is 30.3 Å². The van der Waals surface area contributed by atoms with E-state index in [0.29, 0.717) is 50.8 Å². The Balaban J connectivity index is 1.46. The molecule has 0 saturated carbocycles. The molecule has 1 fully saturated rings. The van der Waals surface area contributed by atoms with E-state index in [1.165, 1.54) is 0 Å². The topological polar surface area (TPSA) is 88.3 Å². The molecule has 0 aliphatic carbocycles. The molecule has 1 aromatic heterocycles. The van der Waals surface area contributed by atoms with Crippen molar-refractivity contribution in [2.24, 2.45) is 5.92 Å². The summed E-state index contributed by atoms with van der Waals surface area (Å²) >= 11 is 6.53. The maximum absolute atomic E-state index is 13.8. The van der Waals surface area contributed by atoms with Crippen LogP contribution in [0.5, 0.6) is 0 Å². The Hall–Kier alpha value is -3.39. The summed E-state index contributed by atoms with van der Waals surface area (Å²) in [7, 11) is -3.85. The number of fused-ring (bicyclic) bond motifs is 1. The standard InChI is InChI=1S/C36H41ClN2O4S/c1-23-9-10-26(21-31(23)37)33-30-22-28(39-44(41,42)29-14-11-27(12-15-29)36(3,4)5)13-16-32(30)38-34(33)35(40)24(2)7-6-8-25-17-19-43-20-18-25/h9-16,21-22,25,38-39H,2,6-8,17-20H2,1,3-5H3. The lowest BCUT2D eigenvalue weighted by molar-refractivity contribution is 0.0633. The van der Waals surface area contributed by atoms with Gasteiger partial charge in [0.2, 0.25) is 5.78 Å². The predicted octanol–water partition coefficient (Wildman–Crippen LogP) is 9.23. The number of hydrogen-bond acceptors (Lipinski definition) is 4. The van der Waals surface area contributed by atoms with Crippen LogP contribution in [-0.2, 0) is 20.2 Å². The number of Topliss-reactive ketones (excluding diaryl/α,β-unsaturated/α-hetero) is 1. The molecule has 4 aromatic rings. The number of allylic oxidation sites excluding steroid dienone is 1. The first-order valence-electron chi connectivity index (χ1n) is 15.2. The molecule has 1 aliphatic rings. The SMILES string of the molecule is C=C(CCCC1CCOCC1)C(=O)c1[nH]c2ccc(NS(=O)(=O)c3ccc(C(C)(C)C)cc3)cc2c1-c1ccc(C)c(Cl)c1. The number of ketones is 1. The van der Waals surface area contributed by atoms with Gasteiger partial charge >= 0.3 is 0 Å². The number of ether oxygens (including phenoxy) is 1. The molecular weight excluding hydrogens is 592 g/mol. The van der Waals surface area contributed by atoms with Gasteiger partial charge in [0.25, 0.3) is 10.0 Å². The maximum Gasteiger partial charge on any atom is 0.261 e. The van der Waals surface area contributed by atoms with Crippen molar-refractivity contribution in [2.45, 2.75) is 70.1 Å². The molecule has 8 heteroatoms. The van der Waals surface area contributed by atoms with Crippen molar-refractivity contribution in [3.63, 3.8) is 0 Å². The van der Waals surface area contributed by atoms with Crippen molar-refractivity contribution < 1.29 is 17.9 Å². The van der Waals surface area contributed by atoms with Crippen LogP contribution in [0.25, 0.3) is 22.0 Å². The molecule has 0 spiro atoms. The van der Waals surface area contributed by atoms with E-state index in [-0.39, 0.29) is 16.1 Å². The minimum absolute atomic E-state index is 0.0877. The summed E-state index contributed by atoms with van der Waals surface area (Å²) in [5.74, 6) is 0.476. The molecule has 232 valence electrons. The molecule has 1 aliphatic heterocycles. The molecule has 0 radical (unpaired) electrons. The molecular formula is C36H41ClN2O4S. The minimum atomic E-state index is -3.85. The van der Waals surface area contributed by atoms with Crippen LogP contribution < -0.4 is 4.72 Å². The number of hydrogen-bond donors (Lipinski definition) is 2. The average Bonchev–Trinajstić information content (AvgIpc) is 3.37. The van der Waals surface area contributed by atoms with Crippen LogP contribution in [0, 0.1) is 12.8 Å². The van der Waals surface area contributed by atoms with Crippen molar-refractivity contribution in [3.05, 3.63) is 94.7 Å². The van der Waals surface area contributed by atoms with Gasteiger partial charge in [-0.25, -0.2) is 8.42 Å². The Morgan fingerprint density at radius 1 is 1.05 bits per heavy atom. The Bertz CT molecular complexity index is 1790. The van der Waals surface area contributed by atoms with Crippen molar-refractivity contribution in [2.75, 3.05) is 17.9 Å². The van der Waals surface area contributed by atoms with Crippen LogP contribution in [0.3, 0.4) is 0 Å². The van der Waals surface area contributed by atoms with E-state index in [1.807, 2.05) is 37.3 Å². The maximum atomic E-state index is 13.8. The summed E-state index contributed by atoms with van der Waals surface area (Å²) in [6.07, 6.45) is 4.68. The van der Waals surface area contributed by atoms with Crippen LogP contribution in [-0.4, -0.2) is 32.4 Å². The number of carbonyl (C=O) groups excluding carboxylic acids is 1. The lowest BCUT2D eigenvalue weighted by Gasteiger charge is -2.21. The molecule has 6 nitrogen and oxygen atoms in total. The molecule has 44 heavy (non-hydrogen) atoms. The summed E-state index contributed by atoms with van der Waals surface area (Å²) in [6.45, 7) is 14.0. The van der Waals surface area contributed by atoms with Gasteiger partial charge < -0.3 is 9.72 Å². The zero-order valence-corrected chi connectivity index (χ0v) is 27.5. The van der Waals surface area contributed by atoms with Gasteiger partial charge in [0.1, 0.15) is 0 Å². The van der Waals surface area contributed by atoms with Crippen molar-refractivity contribution >= 4 is 44.0 Å². The average molecular weight is 633 g/mol. The van der Waals surface area contributed by atoms with Crippen LogP contribution in [0.15, 0.2) is 77.7 Å². The van der Waals surface area contributed by atoms with Crippen LogP contribution in [0.4, 0.5) is 5.69 Å². The number of anilines is 1. The van der Waals surface area contributed by atoms with E-state index in [9.17, 15) is 13.2 Å². The van der Waals surface area contributed by atoms with Crippen molar-refractivity contribution in [1.29, 1.82) is 0 Å². The van der Waals surface area contributed by atoms with Gasteiger partial charge in [0.05, 0.1) is 10.6 Å². The zero-order valence-electron chi connectivity index (χ0n) is 25.9. The highest BCUT2D eigenvalue weighted by Gasteiger charge is 2.24. The zero-order chi connectivity index (χ0) is 31.6. The number of aryl methyl sites for hydroxylation is 1. The van der Waals surface area contributed by atoms with Gasteiger partial charge in [-0.1, -0.05) is 63.2 Å². The smallest absolute Gasteiger partial charge is 0.261 e. The van der Waals surface area contributed by atoms with Gasteiger partial charge in [-0.2, -0.15) is 0 Å². The van der Waals surface area contributed by atoms with E-state index in [4.69, 9.17) is 16.3 Å². The summed E-state index contributed by atoms with van der Waals surface area (Å²) in [6, 6.07) is 17.9. The highest BCUT2D eigenvalue weighted by atomic mass is 35.5. The number of H-pyrrole nitrogens is 1. The second-order valence-corrected chi connectivity index (χ2v) is 14.9. The molecule has 3 aromatic carbocycles. The second kappa shape index (κ2) is 12.9. The number of halogens is 1. The van der Waals surface area contributed by atoms with E-state index >= 15 is 0 Å². The van der Waals surface area contributed by atoms with Gasteiger partial charge in [-0.15, -0.1) is 0 Å². The molecule has 0 bridgehead atoms. The molecule has 2 heterocycles. The molecule has 2 N–H and O–H groups in total.